The van der Waals surface area contributed by atoms with Crippen LogP contribution in [0.25, 0.3) is 0 Å². The van der Waals surface area contributed by atoms with Crippen LogP contribution in [-0.4, -0.2) is 45.4 Å². The van der Waals surface area contributed by atoms with Gasteiger partial charge in [-0.05, 0) is 30.3 Å². The van der Waals surface area contributed by atoms with Crippen LogP contribution in [0.3, 0.4) is 0 Å². The Kier molecular flexibility index (Phi) is 5.71. The first-order valence-electron chi connectivity index (χ1n) is 8.26. The molecule has 2 aromatic carbocycles. The summed E-state index contributed by atoms with van der Waals surface area (Å²) in [4.78, 5) is 26.0. The molecule has 1 unspecified atom stereocenters. The number of para-hydroxylation sites is 1. The Morgan fingerprint density at radius 1 is 1.22 bits per heavy atom. The third-order valence-electron chi connectivity index (χ3n) is 4.16. The Labute approximate surface area is 161 Å². The fourth-order valence-electron chi connectivity index (χ4n) is 2.80. The molecule has 8 heteroatoms. The minimum Gasteiger partial charge on any atom is -0.496 e. The van der Waals surface area contributed by atoms with Gasteiger partial charge >= 0.3 is 6.09 Å². The summed E-state index contributed by atoms with van der Waals surface area (Å²) < 4.78 is 15.6. The molecule has 3 rings (SSSR count). The number of nitrogens with one attached hydrogen (secondary N) is 1. The number of carbonyl (C=O) groups excluding carboxylic acids is 2. The standard InChI is InChI=1S/C19H19ClN2O5/c1-25-16-6-4-3-5-14(16)18(23)21-10-13-11-22(19(24)27-13)12-7-8-17(26-2)15(20)9-12/h3-9,13H,10-11H2,1-2H3,(H,21,23). The summed E-state index contributed by atoms with van der Waals surface area (Å²) in [7, 11) is 3.02. The molecule has 1 aliphatic heterocycles. The number of halogens is 1. The molecule has 1 aliphatic rings. The molecule has 1 N–H and O–H groups in total. The van der Waals surface area contributed by atoms with Crippen LogP contribution in [0.5, 0.6) is 11.5 Å². The fourth-order valence-corrected chi connectivity index (χ4v) is 3.05. The van der Waals surface area contributed by atoms with Gasteiger partial charge < -0.3 is 19.5 Å². The van der Waals surface area contributed by atoms with E-state index in [0.717, 1.165) is 0 Å². The molecule has 0 bridgehead atoms. The molecule has 2 aromatic rings. The number of amides is 2. The molecule has 7 nitrogen and oxygen atoms in total. The minimum absolute atomic E-state index is 0.184. The number of carbonyl (C=O) groups is 2. The largest absolute Gasteiger partial charge is 0.496 e. The highest BCUT2D eigenvalue weighted by molar-refractivity contribution is 6.32. The van der Waals surface area contributed by atoms with Gasteiger partial charge in [-0.25, -0.2) is 4.79 Å². The zero-order valence-electron chi connectivity index (χ0n) is 14.9. The first kappa shape index (κ1) is 18.8. The van der Waals surface area contributed by atoms with Gasteiger partial charge in [0.05, 0.1) is 37.9 Å². The second kappa shape index (κ2) is 8.18. The molecule has 1 saturated heterocycles. The lowest BCUT2D eigenvalue weighted by atomic mass is 10.2. The number of ether oxygens (including phenoxy) is 3. The Bertz CT molecular complexity index is 858. The monoisotopic (exact) mass is 390 g/mol. The molecule has 0 aliphatic carbocycles. The molecule has 27 heavy (non-hydrogen) atoms. The van der Waals surface area contributed by atoms with Crippen molar-refractivity contribution in [2.45, 2.75) is 6.10 Å². The lowest BCUT2D eigenvalue weighted by Crippen LogP contribution is -2.34. The predicted molar refractivity (Wildman–Crippen MR) is 101 cm³/mol. The highest BCUT2D eigenvalue weighted by Gasteiger charge is 2.33. The lowest BCUT2D eigenvalue weighted by molar-refractivity contribution is 0.0913. The first-order valence-corrected chi connectivity index (χ1v) is 8.64. The summed E-state index contributed by atoms with van der Waals surface area (Å²) in [6, 6.07) is 12.0. The van der Waals surface area contributed by atoms with E-state index >= 15 is 0 Å². The molecule has 2 amide bonds. The first-order chi connectivity index (χ1) is 13.0. The highest BCUT2D eigenvalue weighted by atomic mass is 35.5. The van der Waals surface area contributed by atoms with Crippen LogP contribution in [-0.2, 0) is 4.74 Å². The maximum atomic E-state index is 12.4. The van der Waals surface area contributed by atoms with Crippen LogP contribution in [0, 0.1) is 0 Å². The second-order valence-electron chi connectivity index (χ2n) is 5.85. The van der Waals surface area contributed by atoms with Gasteiger partial charge in [0, 0.05) is 5.69 Å². The molecule has 1 fully saturated rings. The predicted octanol–water partition coefficient (Wildman–Crippen LogP) is 3.11. The minimum atomic E-state index is -0.493. The Hall–Kier alpha value is -2.93. The van der Waals surface area contributed by atoms with Gasteiger partial charge in [-0.3, -0.25) is 9.69 Å². The fraction of sp³-hybridized carbons (Fsp3) is 0.263. The summed E-state index contributed by atoms with van der Waals surface area (Å²) in [6.45, 7) is 0.483. The van der Waals surface area contributed by atoms with E-state index in [1.807, 2.05) is 0 Å². The summed E-state index contributed by atoms with van der Waals surface area (Å²) in [5, 5.41) is 3.17. The number of anilines is 1. The Morgan fingerprint density at radius 3 is 2.67 bits per heavy atom. The average molecular weight is 391 g/mol. The van der Waals surface area contributed by atoms with E-state index in [-0.39, 0.29) is 12.5 Å². The lowest BCUT2D eigenvalue weighted by Gasteiger charge is -2.14. The van der Waals surface area contributed by atoms with Crippen molar-refractivity contribution < 1.29 is 23.8 Å². The molecule has 0 radical (unpaired) electrons. The number of methoxy groups -OCH3 is 2. The van der Waals surface area contributed by atoms with Gasteiger partial charge in [-0.1, -0.05) is 23.7 Å². The van der Waals surface area contributed by atoms with Crippen molar-refractivity contribution in [1.29, 1.82) is 0 Å². The van der Waals surface area contributed by atoms with Crippen molar-refractivity contribution in [1.82, 2.24) is 5.32 Å². The molecule has 0 saturated carbocycles. The number of hydrogen-bond donors (Lipinski definition) is 1. The van der Waals surface area contributed by atoms with E-state index in [1.54, 1.807) is 42.5 Å². The van der Waals surface area contributed by atoms with Crippen LogP contribution in [0.4, 0.5) is 10.5 Å². The number of hydrogen-bond acceptors (Lipinski definition) is 5. The molecule has 0 aromatic heterocycles. The van der Waals surface area contributed by atoms with Crippen molar-refractivity contribution in [3.8, 4) is 11.5 Å². The summed E-state index contributed by atoms with van der Waals surface area (Å²) in [5.74, 6) is 0.705. The molecule has 0 spiro atoms. The van der Waals surface area contributed by atoms with E-state index in [4.69, 9.17) is 25.8 Å². The molecule has 1 atom stereocenters. The number of nitrogens with zero attached hydrogens (tertiary/aromatic N) is 1. The van der Waals surface area contributed by atoms with E-state index in [2.05, 4.69) is 5.32 Å². The smallest absolute Gasteiger partial charge is 0.414 e. The van der Waals surface area contributed by atoms with Crippen molar-refractivity contribution in [3.63, 3.8) is 0 Å². The van der Waals surface area contributed by atoms with E-state index in [0.29, 0.717) is 34.3 Å². The van der Waals surface area contributed by atoms with Gasteiger partial charge in [0.2, 0.25) is 0 Å². The van der Waals surface area contributed by atoms with Gasteiger partial charge in [-0.15, -0.1) is 0 Å². The van der Waals surface area contributed by atoms with Gasteiger partial charge in [-0.2, -0.15) is 0 Å². The van der Waals surface area contributed by atoms with Crippen molar-refractivity contribution >= 4 is 29.3 Å². The van der Waals surface area contributed by atoms with E-state index < -0.39 is 12.2 Å². The highest BCUT2D eigenvalue weighted by Crippen LogP contribution is 2.31. The maximum Gasteiger partial charge on any atom is 0.414 e. The van der Waals surface area contributed by atoms with Crippen molar-refractivity contribution in [2.75, 3.05) is 32.2 Å². The molecular formula is C19H19ClN2O5. The van der Waals surface area contributed by atoms with Crippen LogP contribution in [0.15, 0.2) is 42.5 Å². The van der Waals surface area contributed by atoms with Crippen LogP contribution < -0.4 is 19.7 Å². The second-order valence-corrected chi connectivity index (χ2v) is 6.25. The van der Waals surface area contributed by atoms with Crippen molar-refractivity contribution in [2.24, 2.45) is 0 Å². The Morgan fingerprint density at radius 2 is 1.96 bits per heavy atom. The molecular weight excluding hydrogens is 372 g/mol. The van der Waals surface area contributed by atoms with Gasteiger partial charge in [0.25, 0.3) is 5.91 Å². The maximum absolute atomic E-state index is 12.4. The number of cyclic esters (lactones) is 1. The summed E-state index contributed by atoms with van der Waals surface area (Å²) in [5.41, 5.74) is 1.02. The summed E-state index contributed by atoms with van der Waals surface area (Å²) >= 11 is 6.12. The van der Waals surface area contributed by atoms with Crippen LogP contribution >= 0.6 is 11.6 Å². The summed E-state index contributed by atoms with van der Waals surface area (Å²) in [6.07, 6.45) is -0.968. The molecule has 1 heterocycles. The van der Waals surface area contributed by atoms with Gasteiger partial charge in [0.1, 0.15) is 17.6 Å². The third-order valence-corrected chi connectivity index (χ3v) is 4.46. The average Bonchev–Trinajstić information content (AvgIpc) is 3.06. The number of rotatable bonds is 6. The third kappa shape index (κ3) is 4.09. The quantitative estimate of drug-likeness (QED) is 0.820. The zero-order valence-corrected chi connectivity index (χ0v) is 15.7. The normalized spacial score (nSPS) is 16.0. The number of benzene rings is 2. The van der Waals surface area contributed by atoms with E-state index in [1.165, 1.54) is 19.1 Å². The van der Waals surface area contributed by atoms with E-state index in [9.17, 15) is 9.59 Å². The van der Waals surface area contributed by atoms with Crippen molar-refractivity contribution in [3.05, 3.63) is 53.1 Å². The van der Waals surface area contributed by atoms with Gasteiger partial charge in [0.15, 0.2) is 0 Å². The van der Waals surface area contributed by atoms with Crippen LogP contribution in [0.2, 0.25) is 5.02 Å². The Balaban J connectivity index is 1.62. The molecule has 142 valence electrons. The zero-order chi connectivity index (χ0) is 19.4. The topological polar surface area (TPSA) is 77.1 Å². The SMILES string of the molecule is COc1ccc(N2CC(CNC(=O)c3ccccc3OC)OC2=O)cc1Cl. The van der Waals surface area contributed by atoms with Crippen LogP contribution in [0.1, 0.15) is 10.4 Å².